The minimum Gasteiger partial charge on any atom is -0.466 e. The monoisotopic (exact) mass is 368 g/mol. The van der Waals surface area contributed by atoms with E-state index in [0.717, 1.165) is 18.1 Å². The van der Waals surface area contributed by atoms with E-state index in [0.29, 0.717) is 19.7 Å². The number of nitrogens with zero attached hydrogens (tertiary/aromatic N) is 3. The maximum atomic E-state index is 12.6. The molecule has 0 atom stereocenters. The van der Waals surface area contributed by atoms with Crippen LogP contribution in [0.2, 0.25) is 0 Å². The minimum atomic E-state index is -0.312. The van der Waals surface area contributed by atoms with Crippen LogP contribution in [0, 0.1) is 0 Å². The molecule has 3 rings (SSSR count). The lowest BCUT2D eigenvalue weighted by molar-refractivity contribution is -0.142. The number of anilines is 2. The molecular weight excluding hydrogens is 344 g/mol. The average molecular weight is 368 g/mol. The van der Waals surface area contributed by atoms with Crippen molar-refractivity contribution in [2.45, 2.75) is 19.9 Å². The Balaban J connectivity index is 1.66. The molecule has 2 amide bonds. The van der Waals surface area contributed by atoms with E-state index in [1.165, 1.54) is 5.56 Å². The standard InChI is InChI=1S/C20H24N4O3/c1-2-27-18(25)10-12-22-20(26)24-14-13-23(15-16-7-4-3-5-8-16)19-17(24)9-6-11-21-19/h3-9,11H,2,10,12-15H2,1H3,(H,22,26). The van der Waals surface area contributed by atoms with Gasteiger partial charge in [0.1, 0.15) is 0 Å². The van der Waals surface area contributed by atoms with Crippen LogP contribution in [0.5, 0.6) is 0 Å². The van der Waals surface area contributed by atoms with Gasteiger partial charge in [-0.15, -0.1) is 0 Å². The second-order valence-corrected chi connectivity index (χ2v) is 6.19. The maximum Gasteiger partial charge on any atom is 0.322 e. The van der Waals surface area contributed by atoms with E-state index >= 15 is 0 Å². The predicted molar refractivity (Wildman–Crippen MR) is 104 cm³/mol. The van der Waals surface area contributed by atoms with E-state index < -0.39 is 0 Å². The van der Waals surface area contributed by atoms with Gasteiger partial charge in [0.15, 0.2) is 5.82 Å². The molecule has 0 unspecified atom stereocenters. The van der Waals surface area contributed by atoms with E-state index in [2.05, 4.69) is 27.3 Å². The van der Waals surface area contributed by atoms with Crippen LogP contribution < -0.4 is 15.1 Å². The summed E-state index contributed by atoms with van der Waals surface area (Å²) in [6, 6.07) is 13.7. The first-order valence-electron chi connectivity index (χ1n) is 9.14. The highest BCUT2D eigenvalue weighted by Crippen LogP contribution is 2.31. The van der Waals surface area contributed by atoms with Gasteiger partial charge < -0.3 is 15.0 Å². The first kappa shape index (κ1) is 18.7. The summed E-state index contributed by atoms with van der Waals surface area (Å²) in [6.07, 6.45) is 1.90. The van der Waals surface area contributed by atoms with Gasteiger partial charge in [-0.3, -0.25) is 9.69 Å². The number of hydrogen-bond donors (Lipinski definition) is 1. The number of aromatic nitrogens is 1. The summed E-state index contributed by atoms with van der Waals surface area (Å²) in [4.78, 5) is 32.3. The number of fused-ring (bicyclic) bond motifs is 1. The highest BCUT2D eigenvalue weighted by Gasteiger charge is 2.27. The van der Waals surface area contributed by atoms with Crippen LogP contribution in [0.25, 0.3) is 0 Å². The number of hydrogen-bond acceptors (Lipinski definition) is 5. The van der Waals surface area contributed by atoms with E-state index in [-0.39, 0.29) is 25.0 Å². The summed E-state index contributed by atoms with van der Waals surface area (Å²) >= 11 is 0. The molecule has 7 nitrogen and oxygen atoms in total. The molecule has 0 bridgehead atoms. The van der Waals surface area contributed by atoms with Crippen LogP contribution >= 0.6 is 0 Å². The van der Waals surface area contributed by atoms with E-state index in [4.69, 9.17) is 4.74 Å². The molecule has 0 fully saturated rings. The Labute approximate surface area is 158 Å². The number of nitrogens with one attached hydrogen (secondary N) is 1. The van der Waals surface area contributed by atoms with Crippen molar-refractivity contribution >= 4 is 23.5 Å². The van der Waals surface area contributed by atoms with Crippen LogP contribution in [0.3, 0.4) is 0 Å². The average Bonchev–Trinajstić information content (AvgIpc) is 2.69. The largest absolute Gasteiger partial charge is 0.466 e. The van der Waals surface area contributed by atoms with Gasteiger partial charge in [-0.05, 0) is 24.6 Å². The molecule has 1 aliphatic heterocycles. The Morgan fingerprint density at radius 3 is 2.74 bits per heavy atom. The highest BCUT2D eigenvalue weighted by atomic mass is 16.5. The number of rotatable bonds is 6. The molecule has 2 aromatic rings. The lowest BCUT2D eigenvalue weighted by atomic mass is 10.2. The lowest BCUT2D eigenvalue weighted by Crippen LogP contribution is -2.48. The summed E-state index contributed by atoms with van der Waals surface area (Å²) in [5, 5.41) is 2.79. The second kappa shape index (κ2) is 9.02. The van der Waals surface area contributed by atoms with Crippen molar-refractivity contribution in [1.82, 2.24) is 10.3 Å². The zero-order chi connectivity index (χ0) is 19.1. The highest BCUT2D eigenvalue weighted by molar-refractivity contribution is 5.96. The first-order valence-corrected chi connectivity index (χ1v) is 9.14. The van der Waals surface area contributed by atoms with Gasteiger partial charge >= 0.3 is 12.0 Å². The zero-order valence-corrected chi connectivity index (χ0v) is 15.4. The third-order valence-electron chi connectivity index (χ3n) is 4.32. The number of ether oxygens (including phenoxy) is 1. The van der Waals surface area contributed by atoms with Crippen molar-refractivity contribution in [2.75, 3.05) is 36.0 Å². The van der Waals surface area contributed by atoms with Crippen LogP contribution in [-0.4, -0.2) is 43.2 Å². The fourth-order valence-corrected chi connectivity index (χ4v) is 3.06. The second-order valence-electron chi connectivity index (χ2n) is 6.19. The van der Waals surface area contributed by atoms with Crippen LogP contribution in [0.1, 0.15) is 18.9 Å². The molecular formula is C20H24N4O3. The summed E-state index contributed by atoms with van der Waals surface area (Å²) in [7, 11) is 0. The number of carbonyl (C=O) groups excluding carboxylic acids is 2. The van der Waals surface area contributed by atoms with Crippen molar-refractivity contribution in [2.24, 2.45) is 0 Å². The van der Waals surface area contributed by atoms with E-state index in [1.807, 2.05) is 30.3 Å². The summed E-state index contributed by atoms with van der Waals surface area (Å²) < 4.78 is 4.88. The van der Waals surface area contributed by atoms with Gasteiger partial charge in [0.05, 0.1) is 18.7 Å². The molecule has 1 aromatic carbocycles. The molecule has 0 spiro atoms. The van der Waals surface area contributed by atoms with Gasteiger partial charge in [0, 0.05) is 32.4 Å². The number of urea groups is 1. The summed E-state index contributed by atoms with van der Waals surface area (Å²) in [5.74, 6) is 0.473. The van der Waals surface area contributed by atoms with Crippen molar-refractivity contribution in [3.63, 3.8) is 0 Å². The Morgan fingerprint density at radius 2 is 1.96 bits per heavy atom. The van der Waals surface area contributed by atoms with Crippen LogP contribution in [0.4, 0.5) is 16.3 Å². The Hall–Kier alpha value is -3.09. The Kier molecular flexibility index (Phi) is 6.25. The van der Waals surface area contributed by atoms with Gasteiger partial charge in [0.2, 0.25) is 0 Å². The number of esters is 1. The zero-order valence-electron chi connectivity index (χ0n) is 15.4. The van der Waals surface area contributed by atoms with E-state index in [9.17, 15) is 9.59 Å². The third kappa shape index (κ3) is 4.75. The number of benzene rings is 1. The SMILES string of the molecule is CCOC(=O)CCNC(=O)N1CCN(Cc2ccccc2)c2ncccc21. The van der Waals surface area contributed by atoms with Gasteiger partial charge in [-0.2, -0.15) is 0 Å². The van der Waals surface area contributed by atoms with Crippen molar-refractivity contribution < 1.29 is 14.3 Å². The molecule has 1 aliphatic rings. The molecule has 0 radical (unpaired) electrons. The summed E-state index contributed by atoms with van der Waals surface area (Å²) in [5.41, 5.74) is 1.97. The smallest absolute Gasteiger partial charge is 0.322 e. The molecule has 2 heterocycles. The predicted octanol–water partition coefficient (Wildman–Crippen LogP) is 2.57. The molecule has 1 aromatic heterocycles. The Morgan fingerprint density at radius 1 is 1.15 bits per heavy atom. The lowest BCUT2D eigenvalue weighted by Gasteiger charge is -2.36. The quantitative estimate of drug-likeness (QED) is 0.793. The Bertz CT molecular complexity index is 782. The molecule has 0 aliphatic carbocycles. The minimum absolute atomic E-state index is 0.160. The fourth-order valence-electron chi connectivity index (χ4n) is 3.06. The third-order valence-corrected chi connectivity index (χ3v) is 4.32. The normalized spacial score (nSPS) is 13.1. The van der Waals surface area contributed by atoms with Gasteiger partial charge in [-0.1, -0.05) is 30.3 Å². The fraction of sp³-hybridized carbons (Fsp3) is 0.350. The number of amides is 2. The molecule has 0 saturated carbocycles. The number of carbonyl (C=O) groups is 2. The van der Waals surface area contributed by atoms with E-state index in [1.54, 1.807) is 18.0 Å². The molecule has 7 heteroatoms. The van der Waals surface area contributed by atoms with Crippen molar-refractivity contribution in [3.8, 4) is 0 Å². The van der Waals surface area contributed by atoms with Crippen molar-refractivity contribution in [1.29, 1.82) is 0 Å². The topological polar surface area (TPSA) is 74.8 Å². The molecule has 142 valence electrons. The van der Waals surface area contributed by atoms with Crippen LogP contribution in [-0.2, 0) is 16.1 Å². The van der Waals surface area contributed by atoms with Crippen LogP contribution in [0.15, 0.2) is 48.7 Å². The molecule has 27 heavy (non-hydrogen) atoms. The van der Waals surface area contributed by atoms with Crippen molar-refractivity contribution in [3.05, 3.63) is 54.2 Å². The first-order chi connectivity index (χ1) is 13.2. The maximum absolute atomic E-state index is 12.6. The molecule has 0 saturated heterocycles. The van der Waals surface area contributed by atoms with Gasteiger partial charge in [-0.25, -0.2) is 9.78 Å². The molecule has 1 N–H and O–H groups in total. The number of pyridine rings is 1. The van der Waals surface area contributed by atoms with Gasteiger partial charge in [0.25, 0.3) is 0 Å². The summed E-state index contributed by atoms with van der Waals surface area (Å²) in [6.45, 7) is 4.33.